The monoisotopic (exact) mass is 523 g/mol. The van der Waals surface area contributed by atoms with Crippen molar-refractivity contribution in [3.05, 3.63) is 142 Å². The third kappa shape index (κ3) is 7.91. The molecule has 3 N–H and O–H groups in total. The summed E-state index contributed by atoms with van der Waals surface area (Å²) in [4.78, 5) is 38.2. The summed E-state index contributed by atoms with van der Waals surface area (Å²) in [5.41, 5.74) is 3.57. The minimum atomic E-state index is -0.488. The first-order chi connectivity index (χ1) is 18.5. The van der Waals surface area contributed by atoms with Gasteiger partial charge in [0, 0.05) is 22.8 Å². The topological polar surface area (TPSA) is 87.3 Å². The predicted octanol–water partition coefficient (Wildman–Crippen LogP) is 5.61. The summed E-state index contributed by atoms with van der Waals surface area (Å²) in [6.07, 6.45) is 1.80. The minimum Gasteiger partial charge on any atom is -0.352 e. The van der Waals surface area contributed by atoms with E-state index < -0.39 is 11.8 Å². The molecule has 4 rings (SSSR count). The van der Waals surface area contributed by atoms with Gasteiger partial charge in [-0.15, -0.1) is 0 Å². The Kier molecular flexibility index (Phi) is 9.05. The molecule has 3 amide bonds. The summed E-state index contributed by atoms with van der Waals surface area (Å²) in [5, 5.41) is 8.98. The van der Waals surface area contributed by atoms with Crippen LogP contribution in [0.4, 0.5) is 5.69 Å². The molecular weight excluding hydrogens is 498 g/mol. The zero-order valence-corrected chi connectivity index (χ0v) is 21.2. The van der Waals surface area contributed by atoms with Gasteiger partial charge in [-0.3, -0.25) is 14.4 Å². The van der Waals surface area contributed by atoms with Gasteiger partial charge in [0.25, 0.3) is 11.8 Å². The molecule has 0 saturated heterocycles. The number of rotatable bonds is 9. The van der Waals surface area contributed by atoms with Crippen molar-refractivity contribution in [3.8, 4) is 0 Å². The third-order valence-corrected chi connectivity index (χ3v) is 5.87. The molecule has 38 heavy (non-hydrogen) atoms. The molecule has 0 aliphatic heterocycles. The molecule has 0 spiro atoms. The van der Waals surface area contributed by atoms with Gasteiger partial charge < -0.3 is 16.0 Å². The molecule has 190 valence electrons. The smallest absolute Gasteiger partial charge is 0.272 e. The second kappa shape index (κ2) is 13.0. The second-order valence-electron chi connectivity index (χ2n) is 8.52. The highest BCUT2D eigenvalue weighted by molar-refractivity contribution is 6.30. The number of amides is 3. The molecule has 4 aromatic carbocycles. The van der Waals surface area contributed by atoms with E-state index in [1.807, 2.05) is 36.4 Å². The van der Waals surface area contributed by atoms with Gasteiger partial charge in [0.1, 0.15) is 5.70 Å². The lowest BCUT2D eigenvalue weighted by Gasteiger charge is -2.12. The van der Waals surface area contributed by atoms with Gasteiger partial charge in [-0.25, -0.2) is 0 Å². The average molecular weight is 524 g/mol. The Morgan fingerprint density at radius 1 is 0.711 bits per heavy atom. The minimum absolute atomic E-state index is 0.0746. The molecule has 0 unspecified atom stereocenters. The van der Waals surface area contributed by atoms with Crippen LogP contribution in [0.3, 0.4) is 0 Å². The van der Waals surface area contributed by atoms with Crippen molar-refractivity contribution in [1.29, 1.82) is 0 Å². The molecule has 0 atom stereocenters. The van der Waals surface area contributed by atoms with Crippen LogP contribution in [0.15, 0.2) is 115 Å². The lowest BCUT2D eigenvalue weighted by molar-refractivity contribution is -0.120. The lowest BCUT2D eigenvalue weighted by atomic mass is 10.1. The fraction of sp³-hybridized carbons (Fsp3) is 0.0645. The molecule has 7 heteroatoms. The number of hydrogen-bond donors (Lipinski definition) is 3. The number of halogens is 1. The van der Waals surface area contributed by atoms with Crippen molar-refractivity contribution < 1.29 is 14.4 Å². The fourth-order valence-corrected chi connectivity index (χ4v) is 3.74. The highest BCUT2D eigenvalue weighted by Crippen LogP contribution is 2.15. The van der Waals surface area contributed by atoms with E-state index in [4.69, 9.17) is 11.6 Å². The summed E-state index contributed by atoms with van der Waals surface area (Å²) in [5.74, 6) is -0.988. The first-order valence-electron chi connectivity index (χ1n) is 12.0. The van der Waals surface area contributed by atoms with Crippen LogP contribution in [-0.4, -0.2) is 17.7 Å². The Balaban J connectivity index is 1.41. The molecule has 0 aromatic heterocycles. The van der Waals surface area contributed by atoms with Crippen molar-refractivity contribution in [3.63, 3.8) is 0 Å². The number of carbonyl (C=O) groups excluding carboxylic acids is 3. The molecule has 0 radical (unpaired) electrons. The fourth-order valence-electron chi connectivity index (χ4n) is 3.62. The lowest BCUT2D eigenvalue weighted by Crippen LogP contribution is -2.30. The van der Waals surface area contributed by atoms with Crippen molar-refractivity contribution in [2.75, 3.05) is 5.32 Å². The third-order valence-electron chi connectivity index (χ3n) is 5.62. The van der Waals surface area contributed by atoms with Gasteiger partial charge in [0.15, 0.2) is 0 Å². The maximum atomic E-state index is 13.1. The summed E-state index contributed by atoms with van der Waals surface area (Å²) >= 11 is 5.98. The van der Waals surface area contributed by atoms with Crippen LogP contribution in [0.2, 0.25) is 5.02 Å². The number of carbonyl (C=O) groups is 3. The van der Waals surface area contributed by atoms with Crippen LogP contribution >= 0.6 is 11.6 Å². The number of hydrogen-bond acceptors (Lipinski definition) is 3. The maximum Gasteiger partial charge on any atom is 0.272 e. The van der Waals surface area contributed by atoms with E-state index in [0.717, 1.165) is 11.1 Å². The highest BCUT2D eigenvalue weighted by atomic mass is 35.5. The van der Waals surface area contributed by atoms with Gasteiger partial charge >= 0.3 is 0 Å². The summed E-state index contributed by atoms with van der Waals surface area (Å²) in [7, 11) is 0. The van der Waals surface area contributed by atoms with E-state index in [-0.39, 0.29) is 18.0 Å². The average Bonchev–Trinajstić information content (AvgIpc) is 2.94. The zero-order valence-electron chi connectivity index (χ0n) is 20.5. The molecule has 0 fully saturated rings. The van der Waals surface area contributed by atoms with E-state index in [1.165, 1.54) is 0 Å². The Labute approximate surface area is 226 Å². The first kappa shape index (κ1) is 26.4. The van der Waals surface area contributed by atoms with Crippen molar-refractivity contribution in [1.82, 2.24) is 10.6 Å². The molecule has 6 nitrogen and oxygen atoms in total. The van der Waals surface area contributed by atoms with Crippen LogP contribution < -0.4 is 16.0 Å². The van der Waals surface area contributed by atoms with Crippen molar-refractivity contribution in [2.24, 2.45) is 0 Å². The quantitative estimate of drug-likeness (QED) is 0.249. The molecule has 0 heterocycles. The van der Waals surface area contributed by atoms with Crippen LogP contribution in [0, 0.1) is 0 Å². The van der Waals surface area contributed by atoms with Crippen molar-refractivity contribution >= 4 is 41.1 Å². The van der Waals surface area contributed by atoms with Gasteiger partial charge in [-0.05, 0) is 59.2 Å². The number of benzene rings is 4. The second-order valence-corrected chi connectivity index (χ2v) is 8.96. The highest BCUT2D eigenvalue weighted by Gasteiger charge is 2.15. The van der Waals surface area contributed by atoms with Crippen molar-refractivity contribution in [2.45, 2.75) is 13.0 Å². The SMILES string of the molecule is O=C(Cc1ccc(NC(=O)C(=Cc2ccc(Cl)cc2)NC(=O)c2ccccc2)cc1)NCc1ccccc1. The van der Waals surface area contributed by atoms with E-state index in [1.54, 1.807) is 78.9 Å². The van der Waals surface area contributed by atoms with Gasteiger partial charge in [-0.2, -0.15) is 0 Å². The van der Waals surface area contributed by atoms with E-state index in [9.17, 15) is 14.4 Å². The van der Waals surface area contributed by atoms with E-state index in [0.29, 0.717) is 28.4 Å². The molecule has 0 saturated carbocycles. The van der Waals surface area contributed by atoms with E-state index in [2.05, 4.69) is 16.0 Å². The summed E-state index contributed by atoms with van der Waals surface area (Å²) in [6, 6.07) is 32.3. The molecule has 4 aromatic rings. The standard InChI is InChI=1S/C31H26ClN3O3/c32-26-15-11-22(12-16-26)19-28(35-30(37)25-9-5-2-6-10-25)31(38)34-27-17-13-23(14-18-27)20-29(36)33-21-24-7-3-1-4-8-24/h1-19H,20-21H2,(H,33,36)(H,34,38)(H,35,37). The Morgan fingerprint density at radius 2 is 1.34 bits per heavy atom. The first-order valence-corrected chi connectivity index (χ1v) is 12.4. The predicted molar refractivity (Wildman–Crippen MR) is 150 cm³/mol. The van der Waals surface area contributed by atoms with Gasteiger partial charge in [0.2, 0.25) is 5.91 Å². The zero-order chi connectivity index (χ0) is 26.7. The van der Waals surface area contributed by atoms with Gasteiger partial charge in [0.05, 0.1) is 6.42 Å². The Bertz CT molecular complexity index is 1420. The molecule has 0 bridgehead atoms. The molecule has 0 aliphatic rings. The normalized spacial score (nSPS) is 10.9. The largest absolute Gasteiger partial charge is 0.352 e. The van der Waals surface area contributed by atoms with Gasteiger partial charge in [-0.1, -0.05) is 84.4 Å². The molecule has 0 aliphatic carbocycles. The van der Waals surface area contributed by atoms with Crippen LogP contribution in [0.1, 0.15) is 27.0 Å². The number of anilines is 1. The number of nitrogens with one attached hydrogen (secondary N) is 3. The maximum absolute atomic E-state index is 13.1. The summed E-state index contributed by atoms with van der Waals surface area (Å²) < 4.78 is 0. The van der Waals surface area contributed by atoms with E-state index >= 15 is 0 Å². The van der Waals surface area contributed by atoms with Crippen LogP contribution in [-0.2, 0) is 22.6 Å². The summed E-state index contributed by atoms with van der Waals surface area (Å²) in [6.45, 7) is 0.464. The Hall–Kier alpha value is -4.68. The van der Waals surface area contributed by atoms with Crippen LogP contribution in [0.25, 0.3) is 6.08 Å². The molecular formula is C31H26ClN3O3. The Morgan fingerprint density at radius 3 is 2.00 bits per heavy atom. The van der Waals surface area contributed by atoms with Crippen LogP contribution in [0.5, 0.6) is 0 Å².